The first-order valence-corrected chi connectivity index (χ1v) is 8.96. The molecule has 2 heterocycles. The Morgan fingerprint density at radius 2 is 1.85 bits per heavy atom. The molecule has 8 heteroatoms. The normalized spacial score (nSPS) is 16.0. The summed E-state index contributed by atoms with van der Waals surface area (Å²) >= 11 is 12.4. The number of nitrogens with zero attached hydrogens (tertiary/aromatic N) is 3. The summed E-state index contributed by atoms with van der Waals surface area (Å²) in [7, 11) is 0. The Kier molecular flexibility index (Phi) is 4.37. The SMILES string of the molecule is CC1=C(C(N)=O)[C@@H](c2ccccc2Cl)n2nc(-c3ccc(Cl)cc3)nc2N1. The maximum absolute atomic E-state index is 12.2. The van der Waals surface area contributed by atoms with Crippen LogP contribution in [0, 0.1) is 0 Å². The van der Waals surface area contributed by atoms with Crippen molar-refractivity contribution in [1.29, 1.82) is 0 Å². The second-order valence-electron chi connectivity index (χ2n) is 6.16. The summed E-state index contributed by atoms with van der Waals surface area (Å²) in [5, 5.41) is 8.87. The number of nitrogens with one attached hydrogen (secondary N) is 1. The molecule has 6 nitrogen and oxygen atoms in total. The first kappa shape index (κ1) is 17.6. The summed E-state index contributed by atoms with van der Waals surface area (Å²) in [4.78, 5) is 16.8. The third kappa shape index (κ3) is 3.07. The van der Waals surface area contributed by atoms with Crippen molar-refractivity contribution in [1.82, 2.24) is 14.8 Å². The van der Waals surface area contributed by atoms with Crippen LogP contribution in [-0.2, 0) is 4.79 Å². The van der Waals surface area contributed by atoms with Gasteiger partial charge in [0.05, 0.1) is 5.57 Å². The van der Waals surface area contributed by atoms with E-state index in [-0.39, 0.29) is 0 Å². The number of hydrogen-bond donors (Lipinski definition) is 2. The van der Waals surface area contributed by atoms with Crippen LogP contribution in [0.2, 0.25) is 10.0 Å². The minimum absolute atomic E-state index is 0.392. The van der Waals surface area contributed by atoms with Crippen molar-refractivity contribution in [3.05, 3.63) is 75.4 Å². The highest BCUT2D eigenvalue weighted by molar-refractivity contribution is 6.31. The fourth-order valence-corrected chi connectivity index (χ4v) is 3.54. The highest BCUT2D eigenvalue weighted by Gasteiger charge is 2.34. The third-order valence-electron chi connectivity index (χ3n) is 4.42. The lowest BCUT2D eigenvalue weighted by atomic mass is 9.95. The van der Waals surface area contributed by atoms with Crippen molar-refractivity contribution in [3.63, 3.8) is 0 Å². The molecule has 0 spiro atoms. The molecular formula is C19H15Cl2N5O. The Morgan fingerprint density at radius 1 is 1.15 bits per heavy atom. The number of primary amides is 1. The molecule has 136 valence electrons. The zero-order valence-electron chi connectivity index (χ0n) is 14.3. The minimum Gasteiger partial charge on any atom is -0.366 e. The predicted octanol–water partition coefficient (Wildman–Crippen LogP) is 4.03. The molecule has 1 atom stereocenters. The fraction of sp³-hybridized carbons (Fsp3) is 0.105. The molecule has 0 radical (unpaired) electrons. The Balaban J connectivity index is 1.90. The van der Waals surface area contributed by atoms with E-state index in [1.807, 2.05) is 30.3 Å². The number of carbonyl (C=O) groups excluding carboxylic acids is 1. The number of amides is 1. The Morgan fingerprint density at radius 3 is 2.52 bits per heavy atom. The van der Waals surface area contributed by atoms with Crippen molar-refractivity contribution in [3.8, 4) is 11.4 Å². The third-order valence-corrected chi connectivity index (χ3v) is 5.02. The lowest BCUT2D eigenvalue weighted by Crippen LogP contribution is -2.32. The average molecular weight is 400 g/mol. The van der Waals surface area contributed by atoms with E-state index in [9.17, 15) is 4.79 Å². The van der Waals surface area contributed by atoms with Gasteiger partial charge in [-0.3, -0.25) is 4.79 Å². The van der Waals surface area contributed by atoms with Gasteiger partial charge in [-0.25, -0.2) is 4.68 Å². The van der Waals surface area contributed by atoms with Crippen molar-refractivity contribution < 1.29 is 4.79 Å². The molecule has 3 aromatic rings. The number of carbonyl (C=O) groups is 1. The quantitative estimate of drug-likeness (QED) is 0.695. The highest BCUT2D eigenvalue weighted by Crippen LogP contribution is 2.38. The van der Waals surface area contributed by atoms with Crippen LogP contribution in [0.25, 0.3) is 11.4 Å². The number of rotatable bonds is 3. The van der Waals surface area contributed by atoms with Crippen molar-refractivity contribution >= 4 is 35.1 Å². The first-order valence-electron chi connectivity index (χ1n) is 8.20. The molecule has 4 rings (SSSR count). The van der Waals surface area contributed by atoms with Crippen molar-refractivity contribution in [2.75, 3.05) is 5.32 Å². The van der Waals surface area contributed by atoms with Gasteiger partial charge in [-0.1, -0.05) is 41.4 Å². The molecule has 0 bridgehead atoms. The summed E-state index contributed by atoms with van der Waals surface area (Å²) in [6.45, 7) is 1.78. The predicted molar refractivity (Wildman–Crippen MR) is 106 cm³/mol. The van der Waals surface area contributed by atoms with Gasteiger partial charge in [0.2, 0.25) is 11.9 Å². The minimum atomic E-state index is -0.569. The van der Waals surface area contributed by atoms with E-state index in [4.69, 9.17) is 28.9 Å². The number of benzene rings is 2. The van der Waals surface area contributed by atoms with Gasteiger partial charge in [-0.15, -0.1) is 5.10 Å². The van der Waals surface area contributed by atoms with Crippen molar-refractivity contribution in [2.24, 2.45) is 5.73 Å². The average Bonchev–Trinajstić information content (AvgIpc) is 3.05. The molecule has 27 heavy (non-hydrogen) atoms. The number of hydrogen-bond acceptors (Lipinski definition) is 4. The Hall–Kier alpha value is -2.83. The zero-order valence-corrected chi connectivity index (χ0v) is 15.8. The molecule has 0 fully saturated rings. The van der Waals surface area contributed by atoms with Crippen LogP contribution < -0.4 is 11.1 Å². The van der Waals surface area contributed by atoms with Crippen LogP contribution >= 0.6 is 23.2 Å². The largest absolute Gasteiger partial charge is 0.366 e. The van der Waals surface area contributed by atoms with Crippen LogP contribution in [0.15, 0.2) is 59.8 Å². The van der Waals surface area contributed by atoms with Crippen LogP contribution in [0.1, 0.15) is 18.5 Å². The molecule has 1 aliphatic rings. The van der Waals surface area contributed by atoms with E-state index < -0.39 is 11.9 Å². The van der Waals surface area contributed by atoms with Crippen LogP contribution in [0.3, 0.4) is 0 Å². The lowest BCUT2D eigenvalue weighted by molar-refractivity contribution is -0.115. The lowest BCUT2D eigenvalue weighted by Gasteiger charge is -2.28. The Bertz CT molecular complexity index is 1070. The van der Waals surface area contributed by atoms with Gasteiger partial charge in [0, 0.05) is 26.9 Å². The van der Waals surface area contributed by atoms with Gasteiger partial charge < -0.3 is 11.1 Å². The second kappa shape index (κ2) is 6.72. The number of halogens is 2. The molecule has 1 aromatic heterocycles. The molecule has 1 amide bonds. The topological polar surface area (TPSA) is 85.8 Å². The molecule has 3 N–H and O–H groups in total. The molecule has 0 saturated carbocycles. The molecule has 0 saturated heterocycles. The molecular weight excluding hydrogens is 385 g/mol. The van der Waals surface area contributed by atoms with Gasteiger partial charge >= 0.3 is 0 Å². The number of aromatic nitrogens is 3. The first-order chi connectivity index (χ1) is 13.0. The smallest absolute Gasteiger partial charge is 0.248 e. The van der Waals surface area contributed by atoms with Gasteiger partial charge in [0.25, 0.3) is 0 Å². The van der Waals surface area contributed by atoms with E-state index in [1.165, 1.54) is 0 Å². The van der Waals surface area contributed by atoms with E-state index in [1.54, 1.807) is 29.8 Å². The standard InChI is InChI=1S/C19H15Cl2N5O/c1-10-15(17(22)27)16(13-4-2-3-5-14(13)21)26-19(23-10)24-18(25-26)11-6-8-12(20)9-7-11/h2-9,16H,1H3,(H2,22,27)(H,23,24,25)/t16-/m1/s1. The number of nitrogens with two attached hydrogens (primary N) is 1. The van der Waals surface area contributed by atoms with Gasteiger partial charge in [0.15, 0.2) is 5.82 Å². The summed E-state index contributed by atoms with van der Waals surface area (Å²) in [6, 6.07) is 13.9. The fourth-order valence-electron chi connectivity index (χ4n) is 3.18. The molecule has 0 aliphatic carbocycles. The summed E-state index contributed by atoms with van der Waals surface area (Å²) in [5.41, 5.74) is 8.21. The van der Waals surface area contributed by atoms with Gasteiger partial charge in [-0.2, -0.15) is 4.98 Å². The van der Waals surface area contributed by atoms with Gasteiger partial charge in [0.1, 0.15) is 6.04 Å². The Labute approximate surface area is 165 Å². The van der Waals surface area contributed by atoms with E-state index in [2.05, 4.69) is 15.4 Å². The molecule has 2 aromatic carbocycles. The van der Waals surface area contributed by atoms with Gasteiger partial charge in [-0.05, 0) is 37.3 Å². The second-order valence-corrected chi connectivity index (χ2v) is 7.01. The molecule has 0 unspecified atom stereocenters. The monoisotopic (exact) mass is 399 g/mol. The number of allylic oxidation sites excluding steroid dienone is 1. The summed E-state index contributed by atoms with van der Waals surface area (Å²) in [6.07, 6.45) is 0. The maximum Gasteiger partial charge on any atom is 0.248 e. The number of anilines is 1. The van der Waals surface area contributed by atoms with E-state index >= 15 is 0 Å². The van der Waals surface area contributed by atoms with Crippen LogP contribution in [-0.4, -0.2) is 20.7 Å². The van der Waals surface area contributed by atoms with Crippen LogP contribution in [0.4, 0.5) is 5.95 Å². The van der Waals surface area contributed by atoms with Crippen LogP contribution in [0.5, 0.6) is 0 Å². The maximum atomic E-state index is 12.2. The zero-order chi connectivity index (χ0) is 19.1. The van der Waals surface area contributed by atoms with E-state index in [0.717, 1.165) is 11.1 Å². The summed E-state index contributed by atoms with van der Waals surface area (Å²) < 4.78 is 1.64. The van der Waals surface area contributed by atoms with Crippen molar-refractivity contribution in [2.45, 2.75) is 13.0 Å². The number of fused-ring (bicyclic) bond motifs is 1. The highest BCUT2D eigenvalue weighted by atomic mass is 35.5. The summed E-state index contributed by atoms with van der Waals surface area (Å²) in [5.74, 6) is 0.469. The van der Waals surface area contributed by atoms with E-state index in [0.29, 0.717) is 33.1 Å². The molecule has 1 aliphatic heterocycles.